The van der Waals surface area contributed by atoms with Crippen molar-refractivity contribution in [2.45, 2.75) is 26.2 Å². The molecule has 0 saturated heterocycles. The molecule has 0 unspecified atom stereocenters. The minimum absolute atomic E-state index is 0.116. The van der Waals surface area contributed by atoms with Crippen LogP contribution in [0.2, 0.25) is 0 Å². The first-order chi connectivity index (χ1) is 11.8. The van der Waals surface area contributed by atoms with Crippen molar-refractivity contribution in [1.82, 2.24) is 15.1 Å². The number of hydrogen-bond donors (Lipinski definition) is 3. The molecule has 2 heterocycles. The zero-order valence-electron chi connectivity index (χ0n) is 14.0. The van der Waals surface area contributed by atoms with E-state index in [9.17, 15) is 9.59 Å². The average molecular weight is 377 g/mol. The first-order valence-corrected chi connectivity index (χ1v) is 9.14. The molecule has 0 saturated carbocycles. The number of aromatic nitrogens is 2. The minimum atomic E-state index is -0.478. The van der Waals surface area contributed by atoms with Crippen molar-refractivity contribution in [2.75, 3.05) is 5.32 Å². The molecular weight excluding hydrogens is 358 g/mol. The van der Waals surface area contributed by atoms with Crippen LogP contribution in [-0.2, 0) is 19.9 Å². The van der Waals surface area contributed by atoms with Gasteiger partial charge in [0.05, 0.1) is 5.56 Å². The zero-order valence-corrected chi connectivity index (χ0v) is 15.6. The Hall–Kier alpha value is -2.26. The SMILES string of the molecule is C[C@@H]1CCc2c(sc(NC(=S)NC(=O)c3ccn(C)n3)c2C(N)=O)C1. The van der Waals surface area contributed by atoms with Gasteiger partial charge in [-0.3, -0.25) is 19.6 Å². The number of aryl methyl sites for hydroxylation is 1. The molecule has 0 aliphatic heterocycles. The van der Waals surface area contributed by atoms with Gasteiger partial charge in [-0.05, 0) is 49.0 Å². The lowest BCUT2D eigenvalue weighted by Gasteiger charge is -2.18. The van der Waals surface area contributed by atoms with Crippen LogP contribution in [0.25, 0.3) is 0 Å². The Kier molecular flexibility index (Phi) is 4.87. The van der Waals surface area contributed by atoms with Gasteiger partial charge in [0, 0.05) is 18.1 Å². The standard InChI is InChI=1S/C16H19N5O2S2/c1-8-3-4-9-11(7-8)25-15(12(9)13(17)22)19-16(24)18-14(23)10-5-6-21(2)20-10/h5-6,8H,3-4,7H2,1-2H3,(H2,17,22)(H2,18,19,23,24)/t8-/m1/s1. The number of hydrogen-bond acceptors (Lipinski definition) is 5. The third kappa shape index (κ3) is 3.72. The number of fused-ring (bicyclic) bond motifs is 1. The highest BCUT2D eigenvalue weighted by Gasteiger charge is 2.27. The van der Waals surface area contributed by atoms with Crippen molar-refractivity contribution >= 4 is 45.5 Å². The number of thiophene rings is 1. The molecule has 7 nitrogen and oxygen atoms in total. The molecule has 4 N–H and O–H groups in total. The highest BCUT2D eigenvalue weighted by Crippen LogP contribution is 2.39. The summed E-state index contributed by atoms with van der Waals surface area (Å²) in [5, 5.41) is 10.3. The van der Waals surface area contributed by atoms with Crippen LogP contribution in [0.3, 0.4) is 0 Å². The van der Waals surface area contributed by atoms with Crippen LogP contribution in [0.5, 0.6) is 0 Å². The number of rotatable bonds is 3. The maximum Gasteiger partial charge on any atom is 0.277 e. The summed E-state index contributed by atoms with van der Waals surface area (Å²) in [6, 6.07) is 1.60. The van der Waals surface area contributed by atoms with E-state index in [4.69, 9.17) is 18.0 Å². The maximum atomic E-state index is 12.1. The van der Waals surface area contributed by atoms with Crippen LogP contribution in [-0.4, -0.2) is 26.7 Å². The van der Waals surface area contributed by atoms with Gasteiger partial charge in [0.2, 0.25) is 0 Å². The van der Waals surface area contributed by atoms with E-state index in [1.54, 1.807) is 19.3 Å². The molecule has 1 aliphatic carbocycles. The van der Waals surface area contributed by atoms with E-state index in [0.717, 1.165) is 29.7 Å². The van der Waals surface area contributed by atoms with Gasteiger partial charge in [0.25, 0.3) is 11.8 Å². The van der Waals surface area contributed by atoms with Crippen molar-refractivity contribution in [3.8, 4) is 0 Å². The van der Waals surface area contributed by atoms with Gasteiger partial charge in [-0.1, -0.05) is 6.92 Å². The zero-order chi connectivity index (χ0) is 18.1. The fourth-order valence-corrected chi connectivity index (χ4v) is 4.62. The molecule has 0 radical (unpaired) electrons. The van der Waals surface area contributed by atoms with Crippen molar-refractivity contribution in [2.24, 2.45) is 18.7 Å². The van der Waals surface area contributed by atoms with Crippen LogP contribution >= 0.6 is 23.6 Å². The summed E-state index contributed by atoms with van der Waals surface area (Å²) in [5.41, 5.74) is 7.34. The highest BCUT2D eigenvalue weighted by atomic mass is 32.1. The second kappa shape index (κ2) is 6.93. The number of amides is 2. The topological polar surface area (TPSA) is 102 Å². The minimum Gasteiger partial charge on any atom is -0.365 e. The largest absolute Gasteiger partial charge is 0.365 e. The molecule has 0 fully saturated rings. The Morgan fingerprint density at radius 3 is 2.88 bits per heavy atom. The Morgan fingerprint density at radius 2 is 2.24 bits per heavy atom. The first-order valence-electron chi connectivity index (χ1n) is 7.91. The maximum absolute atomic E-state index is 12.1. The Bertz CT molecular complexity index is 855. The Morgan fingerprint density at radius 1 is 1.48 bits per heavy atom. The lowest BCUT2D eigenvalue weighted by Crippen LogP contribution is -2.34. The van der Waals surface area contributed by atoms with Gasteiger partial charge in [-0.15, -0.1) is 11.3 Å². The molecule has 1 atom stereocenters. The molecule has 2 amide bonds. The van der Waals surface area contributed by atoms with Gasteiger partial charge in [0.1, 0.15) is 5.00 Å². The predicted octanol–water partition coefficient (Wildman–Crippen LogP) is 1.83. The van der Waals surface area contributed by atoms with Crippen LogP contribution in [0.4, 0.5) is 5.00 Å². The molecular formula is C16H19N5O2S2. The number of primary amides is 1. The number of nitrogens with two attached hydrogens (primary N) is 1. The van der Waals surface area contributed by atoms with E-state index in [-0.39, 0.29) is 10.8 Å². The number of nitrogens with one attached hydrogen (secondary N) is 2. The van der Waals surface area contributed by atoms with E-state index in [1.807, 2.05) is 0 Å². The van der Waals surface area contributed by atoms with Crippen LogP contribution in [0.15, 0.2) is 12.3 Å². The summed E-state index contributed by atoms with van der Waals surface area (Å²) in [4.78, 5) is 25.2. The van der Waals surface area contributed by atoms with E-state index in [0.29, 0.717) is 16.5 Å². The molecule has 0 spiro atoms. The summed E-state index contributed by atoms with van der Waals surface area (Å²) < 4.78 is 1.53. The van der Waals surface area contributed by atoms with Crippen molar-refractivity contribution < 1.29 is 9.59 Å². The van der Waals surface area contributed by atoms with Gasteiger partial charge in [0.15, 0.2) is 10.8 Å². The number of carbonyl (C=O) groups excluding carboxylic acids is 2. The molecule has 9 heteroatoms. The van der Waals surface area contributed by atoms with Crippen LogP contribution in [0, 0.1) is 5.92 Å². The van der Waals surface area contributed by atoms with Gasteiger partial charge in [-0.25, -0.2) is 0 Å². The summed E-state index contributed by atoms with van der Waals surface area (Å²) in [6.07, 6.45) is 4.46. The molecule has 25 heavy (non-hydrogen) atoms. The quantitative estimate of drug-likeness (QED) is 0.708. The molecule has 0 bridgehead atoms. The fourth-order valence-electron chi connectivity index (χ4n) is 2.94. The number of thiocarbonyl (C=S) groups is 1. The number of nitrogens with zero attached hydrogens (tertiary/aromatic N) is 2. The van der Waals surface area contributed by atoms with Crippen LogP contribution in [0.1, 0.15) is 44.6 Å². The molecule has 2 aromatic heterocycles. The van der Waals surface area contributed by atoms with Crippen LogP contribution < -0.4 is 16.4 Å². The molecule has 1 aliphatic rings. The predicted molar refractivity (Wildman–Crippen MR) is 101 cm³/mol. The molecule has 3 rings (SSSR count). The average Bonchev–Trinajstić information content (AvgIpc) is 3.09. The lowest BCUT2D eigenvalue weighted by molar-refractivity contribution is 0.0970. The van der Waals surface area contributed by atoms with E-state index in [2.05, 4.69) is 22.7 Å². The molecule has 132 valence electrons. The lowest BCUT2D eigenvalue weighted by atomic mass is 9.88. The monoisotopic (exact) mass is 377 g/mol. The van der Waals surface area contributed by atoms with Gasteiger partial charge < -0.3 is 11.1 Å². The highest BCUT2D eigenvalue weighted by molar-refractivity contribution is 7.80. The first kappa shape index (κ1) is 17.6. The van der Waals surface area contributed by atoms with E-state index < -0.39 is 11.8 Å². The van der Waals surface area contributed by atoms with Crippen molar-refractivity contribution in [1.29, 1.82) is 0 Å². The van der Waals surface area contributed by atoms with Crippen molar-refractivity contribution in [3.05, 3.63) is 34.0 Å². The second-order valence-electron chi connectivity index (χ2n) is 6.20. The van der Waals surface area contributed by atoms with Crippen molar-refractivity contribution in [3.63, 3.8) is 0 Å². The van der Waals surface area contributed by atoms with Gasteiger partial charge in [-0.2, -0.15) is 5.10 Å². The van der Waals surface area contributed by atoms with E-state index in [1.165, 1.54) is 16.0 Å². The van der Waals surface area contributed by atoms with Gasteiger partial charge >= 0.3 is 0 Å². The third-order valence-electron chi connectivity index (χ3n) is 4.16. The molecule has 0 aromatic carbocycles. The Balaban J connectivity index is 1.77. The summed E-state index contributed by atoms with van der Waals surface area (Å²) in [6.45, 7) is 2.19. The summed E-state index contributed by atoms with van der Waals surface area (Å²) in [5.74, 6) is -0.308. The number of anilines is 1. The third-order valence-corrected chi connectivity index (χ3v) is 5.53. The summed E-state index contributed by atoms with van der Waals surface area (Å²) >= 11 is 6.68. The normalized spacial score (nSPS) is 16.2. The smallest absolute Gasteiger partial charge is 0.277 e. The number of carbonyl (C=O) groups is 2. The fraction of sp³-hybridized carbons (Fsp3) is 0.375. The second-order valence-corrected chi connectivity index (χ2v) is 7.72. The molecule has 2 aromatic rings. The Labute approximate surface area is 154 Å². The summed E-state index contributed by atoms with van der Waals surface area (Å²) in [7, 11) is 1.73. The van der Waals surface area contributed by atoms with E-state index >= 15 is 0 Å².